The van der Waals surface area contributed by atoms with Gasteiger partial charge in [-0.15, -0.1) is 0 Å². The molecule has 0 saturated carbocycles. The molecule has 4 rings (SSSR count). The molecule has 0 aliphatic carbocycles. The zero-order chi connectivity index (χ0) is 60.4. The molecule has 1 aromatic carbocycles. The van der Waals surface area contributed by atoms with Crippen molar-refractivity contribution in [3.8, 4) is 0 Å². The molecule has 0 amide bonds. The van der Waals surface area contributed by atoms with Crippen LogP contribution in [0.2, 0.25) is 0 Å². The number of thiol groups is 1. The number of aromatic amines is 1. The number of carboxylic acids is 11. The number of H-pyrrole nitrogens is 1. The van der Waals surface area contributed by atoms with Crippen molar-refractivity contribution in [2.75, 3.05) is 38.5 Å². The van der Waals surface area contributed by atoms with Crippen LogP contribution in [-0.4, -0.2) is 213 Å². The summed E-state index contributed by atoms with van der Waals surface area (Å²) >= 11 is 3.65. The van der Waals surface area contributed by atoms with E-state index in [9.17, 15) is 52.7 Å². The van der Waals surface area contributed by atoms with Gasteiger partial charge in [-0.2, -0.15) is 12.6 Å². The number of aliphatic hydroxyl groups is 1. The molecule has 29 N–H and O–H groups in total. The monoisotopic (exact) mass is 1120 g/mol. The lowest BCUT2D eigenvalue weighted by molar-refractivity contribution is -0.144. The van der Waals surface area contributed by atoms with Crippen LogP contribution >= 0.6 is 12.6 Å². The van der Waals surface area contributed by atoms with Gasteiger partial charge in [0.25, 0.3) is 0 Å². The number of aliphatic carboxylic acids is 10. The van der Waals surface area contributed by atoms with E-state index < -0.39 is 109 Å². The molecule has 2 fully saturated rings. The Morgan fingerprint density at radius 3 is 1.16 bits per heavy atom. The second kappa shape index (κ2) is 45.3. The Kier molecular flexibility index (Phi) is 46.3. The zero-order valence-corrected chi connectivity index (χ0v) is 42.4. The number of benzene rings is 1. The molecule has 2 aromatic rings. The van der Waals surface area contributed by atoms with E-state index in [0.717, 1.165) is 38.8 Å². The van der Waals surface area contributed by atoms with E-state index >= 15 is 0 Å². The van der Waals surface area contributed by atoms with Gasteiger partial charge in [-0.05, 0) is 62.7 Å². The molecule has 436 valence electrons. The summed E-state index contributed by atoms with van der Waals surface area (Å²) in [5, 5.41) is 104. The average Bonchev–Trinajstić information content (AvgIpc) is 4.16. The second-order valence-electron chi connectivity index (χ2n) is 15.5. The fourth-order valence-electron chi connectivity index (χ4n) is 4.73. The maximum atomic E-state index is 11.1. The Balaban J connectivity index is -0.000000258. The second-order valence-corrected chi connectivity index (χ2v) is 15.9. The van der Waals surface area contributed by atoms with Gasteiger partial charge in [-0.1, -0.05) is 32.0 Å². The number of aromatic carboxylic acids is 1. The van der Waals surface area contributed by atoms with E-state index in [2.05, 4.69) is 39.7 Å². The fraction of sp³-hybridized carbons (Fsp3) is 0.548. The Bertz CT molecular complexity index is 2030. The molecule has 1 aromatic heterocycles. The molecule has 2 aliphatic rings. The van der Waals surface area contributed by atoms with Crippen LogP contribution in [0.5, 0.6) is 0 Å². The third-order valence-electron chi connectivity index (χ3n) is 8.62. The van der Waals surface area contributed by atoms with Gasteiger partial charge in [0.2, 0.25) is 0 Å². The number of nitrogens with one attached hydrogen (secondary N) is 3. The number of hydrogen-bond donors (Lipinski definition) is 23. The highest BCUT2D eigenvalue weighted by molar-refractivity contribution is 7.80. The van der Waals surface area contributed by atoms with Gasteiger partial charge in [-0.3, -0.25) is 47.9 Å². The summed E-state index contributed by atoms with van der Waals surface area (Å²) in [6.45, 7) is 4.55. The van der Waals surface area contributed by atoms with Crippen molar-refractivity contribution < 1.29 is 114 Å². The molecule has 3 heterocycles. The summed E-state index contributed by atoms with van der Waals surface area (Å²) in [5.74, 6) is -10.7. The number of para-hydroxylation sites is 1. The Hall–Kier alpha value is -7.12. The van der Waals surface area contributed by atoms with Crippen molar-refractivity contribution in [3.05, 3.63) is 35.5 Å². The molecule has 0 radical (unpaired) electrons. The predicted molar refractivity (Wildman–Crippen MR) is 270 cm³/mol. The predicted octanol–water partition coefficient (Wildman–Crippen LogP) is -4.44. The third kappa shape index (κ3) is 43.3. The van der Waals surface area contributed by atoms with Crippen molar-refractivity contribution in [1.29, 1.82) is 0 Å². The van der Waals surface area contributed by atoms with E-state index in [1.54, 1.807) is 24.3 Å². The van der Waals surface area contributed by atoms with Crippen LogP contribution < -0.4 is 50.8 Å². The summed E-state index contributed by atoms with van der Waals surface area (Å²) in [6.07, 6.45) is 3.56. The number of aromatic nitrogens is 1. The Morgan fingerprint density at radius 2 is 0.961 bits per heavy atom. The standard InChI is InChI=1S/C12H12N2O4.C6H13NO2.2C5H9NO2.C4H7NO4.C3H7NO3.C3H7NO2S.2C2H5NO2/c13-8(11(15)16)5-7-6-3-1-2-4-9(6)14-10(7)12(17)18;1-4(2)3-5(7)6(8)9;2*7-5(8)4-2-1-3-6-4;5-2(4(8)9)1-3(6)7;4-2(1-5)3(6)7;4-2(1-7)3(5)6;2*3-1-2(4)5/h1-4,8,14H,5,13H2,(H,15,16)(H,17,18);4-5H,3,7H2,1-2H3,(H,8,9);2*4,6H,1-3H2,(H,7,8);2H,1,5H2,(H,6,7)(H,8,9);2,5H,1,4H2,(H,6,7);2,7H,1,4H2,(H,5,6);2*1,3H2,(H,4,5)/t;;2*4-;;;;;/m..00...../s1. The first-order valence-corrected chi connectivity index (χ1v) is 22.7. The maximum Gasteiger partial charge on any atom is 0.352 e. The molecule has 5 unspecified atom stereocenters. The highest BCUT2D eigenvalue weighted by atomic mass is 32.1. The topological polar surface area (TPSA) is 653 Å². The summed E-state index contributed by atoms with van der Waals surface area (Å²) < 4.78 is 0. The minimum atomic E-state index is -1.29. The first-order valence-electron chi connectivity index (χ1n) is 22.0. The van der Waals surface area contributed by atoms with Gasteiger partial charge in [-0.25, -0.2) is 4.79 Å². The molecule has 33 nitrogen and oxygen atoms in total. The highest BCUT2D eigenvalue weighted by Crippen LogP contribution is 2.23. The third-order valence-corrected chi connectivity index (χ3v) is 9.01. The number of aliphatic hydroxyl groups excluding tert-OH is 1. The largest absolute Gasteiger partial charge is 0.481 e. The van der Waals surface area contributed by atoms with Crippen LogP contribution in [0.1, 0.15) is 68.4 Å². The van der Waals surface area contributed by atoms with Crippen LogP contribution in [0.25, 0.3) is 10.9 Å². The van der Waals surface area contributed by atoms with E-state index in [4.69, 9.17) is 89.9 Å². The number of fused-ring (bicyclic) bond motifs is 1. The minimum Gasteiger partial charge on any atom is -0.481 e. The Morgan fingerprint density at radius 1 is 0.579 bits per heavy atom. The molecule has 34 heteroatoms. The lowest BCUT2D eigenvalue weighted by atomic mass is 10.0. The lowest BCUT2D eigenvalue weighted by Crippen LogP contribution is -2.33. The number of carbonyl (C=O) groups is 11. The summed E-state index contributed by atoms with van der Waals surface area (Å²) in [7, 11) is 0. The Labute approximate surface area is 439 Å². The zero-order valence-electron chi connectivity index (χ0n) is 41.5. The molecular formula is C42H74N10O23S. The van der Waals surface area contributed by atoms with Gasteiger partial charge in [0, 0.05) is 23.1 Å². The van der Waals surface area contributed by atoms with Crippen LogP contribution in [0.3, 0.4) is 0 Å². The van der Waals surface area contributed by atoms with Crippen molar-refractivity contribution in [2.24, 2.45) is 46.1 Å². The molecule has 7 atom stereocenters. The molecule has 2 aliphatic heterocycles. The summed E-state index contributed by atoms with van der Waals surface area (Å²) in [5.41, 5.74) is 35.4. The van der Waals surface area contributed by atoms with Crippen molar-refractivity contribution in [1.82, 2.24) is 15.6 Å². The van der Waals surface area contributed by atoms with Crippen molar-refractivity contribution in [2.45, 2.75) is 101 Å². The average molecular weight is 1120 g/mol. The maximum absolute atomic E-state index is 11.1. The molecule has 0 spiro atoms. The normalized spacial score (nSPS) is 15.5. The van der Waals surface area contributed by atoms with E-state index in [1.165, 1.54) is 0 Å². The van der Waals surface area contributed by atoms with Gasteiger partial charge in [0.1, 0.15) is 48.0 Å². The molecular weight excluding hydrogens is 1040 g/mol. The van der Waals surface area contributed by atoms with Gasteiger partial charge in [0.05, 0.1) is 26.1 Å². The van der Waals surface area contributed by atoms with Crippen LogP contribution in [0, 0.1) is 5.92 Å². The molecule has 0 bridgehead atoms. The van der Waals surface area contributed by atoms with Gasteiger partial charge in [0.15, 0.2) is 0 Å². The van der Waals surface area contributed by atoms with Crippen LogP contribution in [-0.2, 0) is 54.4 Å². The van der Waals surface area contributed by atoms with Crippen molar-refractivity contribution in [3.63, 3.8) is 0 Å². The quantitative estimate of drug-likeness (QED) is 0.0626. The number of nitrogens with two attached hydrogens (primary N) is 7. The number of carboxylic acid groups (broad SMARTS) is 11. The molecule has 76 heavy (non-hydrogen) atoms. The number of hydrogen-bond acceptors (Lipinski definition) is 22. The SMILES string of the molecule is CC(C)CC(N)C(=O)O.NC(CC(=O)O)C(=O)O.NC(CO)C(=O)O.NC(CS)C(=O)O.NC(Cc1c(C(=O)O)[nH]c2ccccc12)C(=O)O.NCC(=O)O.NCC(=O)O.O=C(O)[C@@H]1CCCN1.O=C(O)[C@@H]1CCCN1. The minimum absolute atomic E-state index is 0.00657. The van der Waals surface area contributed by atoms with E-state index in [-0.39, 0.29) is 43.0 Å². The van der Waals surface area contributed by atoms with Gasteiger partial charge >= 0.3 is 65.7 Å². The van der Waals surface area contributed by atoms with Gasteiger partial charge < -0.3 is 117 Å². The summed E-state index contributed by atoms with van der Waals surface area (Å²) in [6, 6.07) is 1.42. The van der Waals surface area contributed by atoms with E-state index in [0.29, 0.717) is 28.8 Å². The van der Waals surface area contributed by atoms with Crippen LogP contribution in [0.4, 0.5) is 0 Å². The van der Waals surface area contributed by atoms with Crippen LogP contribution in [0.15, 0.2) is 24.3 Å². The summed E-state index contributed by atoms with van der Waals surface area (Å²) in [4.78, 5) is 113. The number of rotatable bonds is 18. The molecule has 2 saturated heterocycles. The smallest absolute Gasteiger partial charge is 0.352 e. The van der Waals surface area contributed by atoms with Crippen molar-refractivity contribution >= 4 is 89.2 Å². The fourth-order valence-corrected chi connectivity index (χ4v) is 4.89. The first-order chi connectivity index (χ1) is 35.1. The van der Waals surface area contributed by atoms with E-state index in [1.807, 2.05) is 13.8 Å². The first kappa shape index (κ1) is 77.8. The highest BCUT2D eigenvalue weighted by Gasteiger charge is 2.23. The lowest BCUT2D eigenvalue weighted by Gasteiger charge is -2.07.